The average molecular weight is 533 g/mol. The van der Waals surface area contributed by atoms with Crippen LogP contribution < -0.4 is 14.8 Å². The summed E-state index contributed by atoms with van der Waals surface area (Å²) >= 11 is 3.68. The van der Waals surface area contributed by atoms with Crippen molar-refractivity contribution in [1.29, 1.82) is 5.26 Å². The number of rotatable bonds is 9. The molecule has 1 N–H and O–H groups in total. The van der Waals surface area contributed by atoms with E-state index in [1.807, 2.05) is 32.0 Å². The fraction of sp³-hybridized carbons (Fsp3) is 0.241. The zero-order chi connectivity index (χ0) is 25.4. The van der Waals surface area contributed by atoms with Crippen LogP contribution in [0, 0.1) is 25.2 Å². The van der Waals surface area contributed by atoms with Gasteiger partial charge in [-0.2, -0.15) is 5.26 Å². The first-order valence-corrected chi connectivity index (χ1v) is 12.3. The minimum atomic E-state index is -0.481. The first-order chi connectivity index (χ1) is 16.8. The molecule has 0 atom stereocenters. The topological polar surface area (TPSA) is 71.3 Å². The summed E-state index contributed by atoms with van der Waals surface area (Å²) in [4.78, 5) is 12.8. The van der Waals surface area contributed by atoms with Crippen LogP contribution in [0.3, 0.4) is 0 Å². The van der Waals surface area contributed by atoms with Crippen LogP contribution in [-0.4, -0.2) is 19.1 Å². The highest BCUT2D eigenvalue weighted by Gasteiger charge is 2.14. The molecule has 0 bridgehead atoms. The van der Waals surface area contributed by atoms with E-state index in [0.717, 1.165) is 21.5 Å². The third-order valence-electron chi connectivity index (χ3n) is 5.24. The molecule has 0 saturated heterocycles. The number of ether oxygens (including phenoxy) is 2. The number of aryl methyl sites for hydroxylation is 2. The molecule has 0 spiro atoms. The molecule has 0 aliphatic carbocycles. The summed E-state index contributed by atoms with van der Waals surface area (Å²) < 4.78 is 12.2. The van der Waals surface area contributed by atoms with Crippen molar-refractivity contribution in [3.05, 3.63) is 92.5 Å². The Labute approximate surface area is 215 Å². The number of amides is 1. The number of nitrogens with zero attached hydrogens (tertiary/aromatic N) is 1. The van der Waals surface area contributed by atoms with Crippen molar-refractivity contribution in [2.24, 2.45) is 0 Å². The number of benzene rings is 3. The molecule has 1 amide bonds. The number of halogens is 1. The molecule has 180 valence electrons. The molecule has 3 rings (SSSR count). The van der Waals surface area contributed by atoms with Gasteiger partial charge in [0.2, 0.25) is 0 Å². The lowest BCUT2D eigenvalue weighted by Gasteiger charge is -2.15. The van der Waals surface area contributed by atoms with Crippen LogP contribution in [0.2, 0.25) is 0 Å². The van der Waals surface area contributed by atoms with Crippen LogP contribution in [0.15, 0.2) is 64.6 Å². The third kappa shape index (κ3) is 7.21. The molecular formula is C29H29BrN2O3. The number of hydrogen-bond acceptors (Lipinski definition) is 4. The second-order valence-electron chi connectivity index (χ2n) is 8.17. The summed E-state index contributed by atoms with van der Waals surface area (Å²) in [7, 11) is 0. The van der Waals surface area contributed by atoms with E-state index in [2.05, 4.69) is 53.3 Å². The predicted molar refractivity (Wildman–Crippen MR) is 144 cm³/mol. The second-order valence-corrected chi connectivity index (χ2v) is 9.02. The molecule has 3 aromatic rings. The van der Waals surface area contributed by atoms with Crippen molar-refractivity contribution < 1.29 is 14.3 Å². The Morgan fingerprint density at radius 2 is 1.66 bits per heavy atom. The monoisotopic (exact) mass is 532 g/mol. The molecule has 5 nitrogen and oxygen atoms in total. The van der Waals surface area contributed by atoms with Crippen LogP contribution in [-0.2, 0) is 11.2 Å². The molecule has 6 heteroatoms. The number of carbonyl (C=O) groups excluding carboxylic acids is 1. The van der Waals surface area contributed by atoms with Gasteiger partial charge in [-0.05, 0) is 81.3 Å². The lowest BCUT2D eigenvalue weighted by Crippen LogP contribution is -2.13. The van der Waals surface area contributed by atoms with E-state index in [4.69, 9.17) is 9.47 Å². The largest absolute Gasteiger partial charge is 0.494 e. The highest BCUT2D eigenvalue weighted by atomic mass is 79.9. The fourth-order valence-corrected chi connectivity index (χ4v) is 4.46. The maximum absolute atomic E-state index is 12.8. The summed E-state index contributed by atoms with van der Waals surface area (Å²) in [6.07, 6.45) is 2.27. The number of hydrogen-bond donors (Lipinski definition) is 1. The van der Waals surface area contributed by atoms with Gasteiger partial charge in [0.25, 0.3) is 5.91 Å². The number of nitriles is 1. The Morgan fingerprint density at radius 1 is 1.00 bits per heavy atom. The number of nitrogens with one attached hydrogen (secondary N) is 1. The second kappa shape index (κ2) is 12.2. The molecule has 0 saturated carbocycles. The van der Waals surface area contributed by atoms with Gasteiger partial charge < -0.3 is 14.8 Å². The molecule has 35 heavy (non-hydrogen) atoms. The minimum Gasteiger partial charge on any atom is -0.494 e. The summed E-state index contributed by atoms with van der Waals surface area (Å²) in [6.45, 7) is 9.08. The van der Waals surface area contributed by atoms with Crippen molar-refractivity contribution >= 4 is 33.6 Å². The van der Waals surface area contributed by atoms with Crippen molar-refractivity contribution in [2.75, 3.05) is 18.5 Å². The quantitative estimate of drug-likeness (QED) is 0.238. The first-order valence-electron chi connectivity index (χ1n) is 11.5. The van der Waals surface area contributed by atoms with Crippen LogP contribution in [0.5, 0.6) is 11.5 Å². The van der Waals surface area contributed by atoms with Gasteiger partial charge in [0, 0.05) is 22.1 Å². The van der Waals surface area contributed by atoms with E-state index in [-0.39, 0.29) is 5.57 Å². The van der Waals surface area contributed by atoms with Crippen LogP contribution >= 0.6 is 15.9 Å². The van der Waals surface area contributed by atoms with Gasteiger partial charge in [-0.25, -0.2) is 0 Å². The molecule has 0 heterocycles. The summed E-state index contributed by atoms with van der Waals surface area (Å²) in [6, 6.07) is 19.3. The van der Waals surface area contributed by atoms with Gasteiger partial charge in [0.05, 0.1) is 13.2 Å². The third-order valence-corrected chi connectivity index (χ3v) is 5.95. The molecule has 0 fully saturated rings. The Bertz CT molecular complexity index is 1250. The zero-order valence-electron chi connectivity index (χ0n) is 20.4. The molecule has 0 unspecified atom stereocenters. The SMILES string of the molecule is CCOc1ccc(NC(=O)/C(C#N)=C/c2cc(Br)c(Cc3cc(C)cc(C)c3)c(OCC)c2)cc1. The fourth-order valence-electron chi connectivity index (χ4n) is 3.86. The van der Waals surface area contributed by atoms with Crippen molar-refractivity contribution in [1.82, 2.24) is 0 Å². The Hall–Kier alpha value is -3.56. The van der Waals surface area contributed by atoms with Gasteiger partial charge in [0.15, 0.2) is 0 Å². The van der Waals surface area contributed by atoms with E-state index in [9.17, 15) is 10.1 Å². The van der Waals surface area contributed by atoms with E-state index < -0.39 is 5.91 Å². The highest BCUT2D eigenvalue weighted by molar-refractivity contribution is 9.10. The number of carbonyl (C=O) groups is 1. The standard InChI is InChI=1S/C29H29BrN2O3/c1-5-34-25-9-7-24(8-10-25)32-29(33)23(18-31)14-22-16-27(30)26(28(17-22)35-6-2)15-21-12-19(3)11-20(4)13-21/h7-14,16-17H,5-6,15H2,1-4H3,(H,32,33)/b23-14+. The lowest BCUT2D eigenvalue weighted by molar-refractivity contribution is -0.112. The Morgan fingerprint density at radius 3 is 2.26 bits per heavy atom. The molecule has 0 aliphatic heterocycles. The summed E-state index contributed by atoms with van der Waals surface area (Å²) in [5.41, 5.74) is 5.92. The lowest BCUT2D eigenvalue weighted by atomic mass is 9.98. The van der Waals surface area contributed by atoms with E-state index in [1.165, 1.54) is 16.7 Å². The molecule has 3 aromatic carbocycles. The molecule has 0 radical (unpaired) electrons. The summed E-state index contributed by atoms with van der Waals surface area (Å²) in [5, 5.41) is 12.4. The van der Waals surface area contributed by atoms with Crippen LogP contribution in [0.1, 0.15) is 41.7 Å². The Kier molecular flexibility index (Phi) is 9.11. The normalized spacial score (nSPS) is 11.0. The number of anilines is 1. The Balaban J connectivity index is 1.87. The average Bonchev–Trinajstić information content (AvgIpc) is 2.80. The van der Waals surface area contributed by atoms with Crippen molar-refractivity contribution in [2.45, 2.75) is 34.1 Å². The van der Waals surface area contributed by atoms with Gasteiger partial charge in [-0.15, -0.1) is 0 Å². The van der Waals surface area contributed by atoms with Crippen LogP contribution in [0.4, 0.5) is 5.69 Å². The molecular weight excluding hydrogens is 504 g/mol. The maximum atomic E-state index is 12.8. The predicted octanol–water partition coefficient (Wildman–Crippen LogP) is 7.00. The maximum Gasteiger partial charge on any atom is 0.266 e. The van der Waals surface area contributed by atoms with Gasteiger partial charge in [-0.1, -0.05) is 45.3 Å². The highest BCUT2D eigenvalue weighted by Crippen LogP contribution is 2.33. The minimum absolute atomic E-state index is 0.00436. The zero-order valence-corrected chi connectivity index (χ0v) is 22.0. The molecule has 0 aromatic heterocycles. The van der Waals surface area contributed by atoms with E-state index >= 15 is 0 Å². The molecule has 0 aliphatic rings. The van der Waals surface area contributed by atoms with Crippen molar-refractivity contribution in [3.8, 4) is 17.6 Å². The first kappa shape index (κ1) is 26.1. The smallest absolute Gasteiger partial charge is 0.266 e. The van der Waals surface area contributed by atoms with Gasteiger partial charge in [0.1, 0.15) is 23.1 Å². The van der Waals surface area contributed by atoms with Crippen LogP contribution in [0.25, 0.3) is 6.08 Å². The summed E-state index contributed by atoms with van der Waals surface area (Å²) in [5.74, 6) is 0.956. The van der Waals surface area contributed by atoms with Crippen molar-refractivity contribution in [3.63, 3.8) is 0 Å². The van der Waals surface area contributed by atoms with E-state index in [1.54, 1.807) is 30.3 Å². The van der Waals surface area contributed by atoms with Gasteiger partial charge in [-0.3, -0.25) is 4.79 Å². The van der Waals surface area contributed by atoms with Gasteiger partial charge >= 0.3 is 0 Å². The van der Waals surface area contributed by atoms with E-state index in [0.29, 0.717) is 30.9 Å².